The lowest BCUT2D eigenvalue weighted by atomic mass is 10.1. The van der Waals surface area contributed by atoms with Gasteiger partial charge in [-0.2, -0.15) is 0 Å². The SMILES string of the molecule is COc1ccc(OC)c(-c2csc(NC(=O)NCCCc3ccccc3)n2)c1. The molecule has 7 heteroatoms. The van der Waals surface area contributed by atoms with E-state index in [9.17, 15) is 4.79 Å². The van der Waals surface area contributed by atoms with Crippen molar-refractivity contribution in [1.82, 2.24) is 10.3 Å². The van der Waals surface area contributed by atoms with E-state index in [1.165, 1.54) is 16.9 Å². The Labute approximate surface area is 168 Å². The average molecular weight is 398 g/mol. The predicted octanol–water partition coefficient (Wildman–Crippen LogP) is 4.58. The van der Waals surface area contributed by atoms with Gasteiger partial charge in [-0.05, 0) is 36.6 Å². The van der Waals surface area contributed by atoms with E-state index in [-0.39, 0.29) is 6.03 Å². The summed E-state index contributed by atoms with van der Waals surface area (Å²) < 4.78 is 10.7. The first kappa shape index (κ1) is 19.7. The number of nitrogens with zero attached hydrogens (tertiary/aromatic N) is 1. The highest BCUT2D eigenvalue weighted by molar-refractivity contribution is 7.14. The maximum absolute atomic E-state index is 12.1. The standard InChI is InChI=1S/C21H23N3O3S/c1-26-16-10-11-19(27-2)17(13-16)18-14-28-21(23-18)24-20(25)22-12-6-9-15-7-4-3-5-8-15/h3-5,7-8,10-11,13-14H,6,9,12H2,1-2H3,(H2,22,23,24,25). The number of anilines is 1. The normalized spacial score (nSPS) is 10.4. The fourth-order valence-corrected chi connectivity index (χ4v) is 3.46. The van der Waals surface area contributed by atoms with Gasteiger partial charge in [0, 0.05) is 17.5 Å². The molecule has 0 radical (unpaired) electrons. The second-order valence-corrected chi connectivity index (χ2v) is 6.93. The molecular formula is C21H23N3O3S. The lowest BCUT2D eigenvalue weighted by Crippen LogP contribution is -2.29. The van der Waals surface area contributed by atoms with Crippen molar-refractivity contribution in [3.63, 3.8) is 0 Å². The van der Waals surface area contributed by atoms with E-state index in [1.807, 2.05) is 41.8 Å². The minimum absolute atomic E-state index is 0.258. The van der Waals surface area contributed by atoms with Crippen LogP contribution >= 0.6 is 11.3 Å². The molecule has 0 aliphatic carbocycles. The molecule has 6 nitrogen and oxygen atoms in total. The van der Waals surface area contributed by atoms with Crippen LogP contribution in [-0.2, 0) is 6.42 Å². The molecule has 0 atom stereocenters. The van der Waals surface area contributed by atoms with Gasteiger partial charge in [-0.15, -0.1) is 11.3 Å². The number of nitrogens with one attached hydrogen (secondary N) is 2. The minimum Gasteiger partial charge on any atom is -0.497 e. The number of amides is 2. The Morgan fingerprint density at radius 1 is 1.11 bits per heavy atom. The molecule has 0 unspecified atom stereocenters. The third kappa shape index (κ3) is 5.23. The lowest BCUT2D eigenvalue weighted by molar-refractivity contribution is 0.252. The summed E-state index contributed by atoms with van der Waals surface area (Å²) in [6.45, 7) is 0.600. The van der Waals surface area contributed by atoms with E-state index in [1.54, 1.807) is 14.2 Å². The quantitative estimate of drug-likeness (QED) is 0.546. The first-order valence-corrected chi connectivity index (χ1v) is 9.84. The molecule has 3 rings (SSSR count). The molecule has 2 aromatic carbocycles. The number of hydrogen-bond donors (Lipinski definition) is 2. The highest BCUT2D eigenvalue weighted by Gasteiger charge is 2.13. The number of ether oxygens (including phenoxy) is 2. The van der Waals surface area contributed by atoms with Crippen LogP contribution in [0.1, 0.15) is 12.0 Å². The minimum atomic E-state index is -0.258. The smallest absolute Gasteiger partial charge is 0.321 e. The van der Waals surface area contributed by atoms with Gasteiger partial charge in [0.25, 0.3) is 0 Å². The molecule has 0 fully saturated rings. The Hall–Kier alpha value is -3.06. The van der Waals surface area contributed by atoms with Crippen molar-refractivity contribution in [2.45, 2.75) is 12.8 Å². The molecule has 0 spiro atoms. The molecule has 0 aliphatic rings. The van der Waals surface area contributed by atoms with E-state index in [0.717, 1.165) is 29.8 Å². The number of carbonyl (C=O) groups excluding carboxylic acids is 1. The van der Waals surface area contributed by atoms with Crippen LogP contribution in [0.5, 0.6) is 11.5 Å². The number of rotatable bonds is 8. The maximum atomic E-state index is 12.1. The summed E-state index contributed by atoms with van der Waals surface area (Å²) in [4.78, 5) is 16.6. The zero-order chi connectivity index (χ0) is 19.8. The average Bonchev–Trinajstić information content (AvgIpc) is 3.19. The van der Waals surface area contributed by atoms with Crippen molar-refractivity contribution >= 4 is 22.5 Å². The van der Waals surface area contributed by atoms with Crippen LogP contribution in [0.2, 0.25) is 0 Å². The molecule has 1 heterocycles. The number of benzene rings is 2. The summed E-state index contributed by atoms with van der Waals surface area (Å²) in [7, 11) is 3.22. The number of aryl methyl sites for hydroxylation is 1. The number of urea groups is 1. The summed E-state index contributed by atoms with van der Waals surface area (Å²) in [6.07, 6.45) is 1.81. The Morgan fingerprint density at radius 3 is 2.68 bits per heavy atom. The van der Waals surface area contributed by atoms with Crippen molar-refractivity contribution in [3.8, 4) is 22.8 Å². The van der Waals surface area contributed by atoms with Crippen molar-refractivity contribution < 1.29 is 14.3 Å². The molecule has 2 amide bonds. The van der Waals surface area contributed by atoms with Crippen molar-refractivity contribution in [3.05, 3.63) is 59.5 Å². The fourth-order valence-electron chi connectivity index (χ4n) is 2.75. The Kier molecular flexibility index (Phi) is 6.86. The zero-order valence-electron chi connectivity index (χ0n) is 15.9. The first-order chi connectivity index (χ1) is 13.7. The van der Waals surface area contributed by atoms with Gasteiger partial charge in [0.05, 0.1) is 19.9 Å². The van der Waals surface area contributed by atoms with Crippen LogP contribution < -0.4 is 20.1 Å². The van der Waals surface area contributed by atoms with Crippen LogP contribution in [0, 0.1) is 0 Å². The van der Waals surface area contributed by atoms with Gasteiger partial charge in [0.1, 0.15) is 11.5 Å². The molecule has 0 aliphatic heterocycles. The highest BCUT2D eigenvalue weighted by atomic mass is 32.1. The lowest BCUT2D eigenvalue weighted by Gasteiger charge is -2.08. The third-order valence-electron chi connectivity index (χ3n) is 4.18. The van der Waals surface area contributed by atoms with Gasteiger partial charge in [-0.25, -0.2) is 9.78 Å². The molecule has 28 heavy (non-hydrogen) atoms. The zero-order valence-corrected chi connectivity index (χ0v) is 16.7. The summed E-state index contributed by atoms with van der Waals surface area (Å²) >= 11 is 1.36. The molecule has 0 saturated heterocycles. The van der Waals surface area contributed by atoms with Gasteiger partial charge in [0.2, 0.25) is 0 Å². The molecule has 3 aromatic rings. The third-order valence-corrected chi connectivity index (χ3v) is 4.94. The number of methoxy groups -OCH3 is 2. The van der Waals surface area contributed by atoms with Crippen LogP contribution in [0.25, 0.3) is 11.3 Å². The molecular weight excluding hydrogens is 374 g/mol. The number of hydrogen-bond acceptors (Lipinski definition) is 5. The van der Waals surface area contributed by atoms with Gasteiger partial charge >= 0.3 is 6.03 Å². The topological polar surface area (TPSA) is 72.5 Å². The van der Waals surface area contributed by atoms with Crippen LogP contribution in [0.4, 0.5) is 9.93 Å². The van der Waals surface area contributed by atoms with Gasteiger partial charge in [-0.3, -0.25) is 5.32 Å². The van der Waals surface area contributed by atoms with E-state index in [4.69, 9.17) is 9.47 Å². The molecule has 0 bridgehead atoms. The summed E-state index contributed by atoms with van der Waals surface area (Å²) in [6, 6.07) is 15.5. The maximum Gasteiger partial charge on any atom is 0.321 e. The van der Waals surface area contributed by atoms with Crippen LogP contribution in [-0.4, -0.2) is 31.8 Å². The van der Waals surface area contributed by atoms with Gasteiger partial charge in [0.15, 0.2) is 5.13 Å². The van der Waals surface area contributed by atoms with E-state index in [2.05, 4.69) is 27.8 Å². The molecule has 0 saturated carbocycles. The van der Waals surface area contributed by atoms with E-state index < -0.39 is 0 Å². The molecule has 1 aromatic heterocycles. The van der Waals surface area contributed by atoms with Gasteiger partial charge in [-0.1, -0.05) is 30.3 Å². The van der Waals surface area contributed by atoms with Gasteiger partial charge < -0.3 is 14.8 Å². The summed E-state index contributed by atoms with van der Waals surface area (Å²) in [5.41, 5.74) is 2.80. The monoisotopic (exact) mass is 397 g/mol. The second-order valence-electron chi connectivity index (χ2n) is 6.07. The van der Waals surface area contributed by atoms with Crippen molar-refractivity contribution in [1.29, 1.82) is 0 Å². The fraction of sp³-hybridized carbons (Fsp3) is 0.238. The van der Waals surface area contributed by atoms with Crippen molar-refractivity contribution in [2.75, 3.05) is 26.1 Å². The molecule has 146 valence electrons. The van der Waals surface area contributed by atoms with E-state index >= 15 is 0 Å². The summed E-state index contributed by atoms with van der Waals surface area (Å²) in [5.74, 6) is 1.41. The second kappa shape index (κ2) is 9.75. The van der Waals surface area contributed by atoms with Crippen molar-refractivity contribution in [2.24, 2.45) is 0 Å². The number of aromatic nitrogens is 1. The highest BCUT2D eigenvalue weighted by Crippen LogP contribution is 2.34. The van der Waals surface area contributed by atoms with E-state index in [0.29, 0.717) is 17.4 Å². The van der Waals surface area contributed by atoms with Crippen LogP contribution in [0.3, 0.4) is 0 Å². The van der Waals surface area contributed by atoms with Crippen LogP contribution in [0.15, 0.2) is 53.9 Å². The predicted molar refractivity (Wildman–Crippen MR) is 112 cm³/mol. The largest absolute Gasteiger partial charge is 0.497 e. The Bertz CT molecular complexity index is 912. The number of carbonyl (C=O) groups is 1. The Morgan fingerprint density at radius 2 is 1.93 bits per heavy atom. The summed E-state index contributed by atoms with van der Waals surface area (Å²) in [5, 5.41) is 8.05. The molecule has 2 N–H and O–H groups in total. The first-order valence-electron chi connectivity index (χ1n) is 8.96. The number of thiazole rings is 1. The Balaban J connectivity index is 1.53.